The summed E-state index contributed by atoms with van der Waals surface area (Å²) in [7, 11) is 1.59. The highest BCUT2D eigenvalue weighted by molar-refractivity contribution is 5.98. The van der Waals surface area contributed by atoms with Gasteiger partial charge in [0.05, 0.1) is 32.5 Å². The van der Waals surface area contributed by atoms with Gasteiger partial charge in [0.25, 0.3) is 0 Å². The van der Waals surface area contributed by atoms with Gasteiger partial charge in [-0.2, -0.15) is 0 Å². The van der Waals surface area contributed by atoms with E-state index >= 15 is 0 Å². The predicted octanol–water partition coefficient (Wildman–Crippen LogP) is 7.24. The minimum atomic E-state index is -0.407. The van der Waals surface area contributed by atoms with Gasteiger partial charge in [-0.1, -0.05) is 72.8 Å². The van der Waals surface area contributed by atoms with Crippen LogP contribution >= 0.6 is 0 Å². The van der Waals surface area contributed by atoms with E-state index < -0.39 is 11.2 Å². The SMILES string of the molecule is COc1cc(-c2cnc(N)c(-c3ccc(CC(=O)c4cn(Cc5ccccc5)cc(-c5ccc(F)cc5)c4=O)cc3)c2)ccc1OC[C@H]1COCCO1. The molecule has 9 nitrogen and oxygen atoms in total. The van der Waals surface area contributed by atoms with Crippen LogP contribution in [0, 0.1) is 5.82 Å². The van der Waals surface area contributed by atoms with E-state index in [9.17, 15) is 14.0 Å². The number of methoxy groups -OCH3 is 1. The van der Waals surface area contributed by atoms with Crippen LogP contribution in [0.4, 0.5) is 10.2 Å². The van der Waals surface area contributed by atoms with Gasteiger partial charge >= 0.3 is 0 Å². The summed E-state index contributed by atoms with van der Waals surface area (Å²) in [6.45, 7) is 2.42. The van der Waals surface area contributed by atoms with Crippen molar-refractivity contribution in [2.24, 2.45) is 0 Å². The average Bonchev–Trinajstić information content (AvgIpc) is 3.19. The largest absolute Gasteiger partial charge is 0.493 e. The Hall–Kier alpha value is -6.10. The van der Waals surface area contributed by atoms with Crippen molar-refractivity contribution in [3.8, 4) is 44.9 Å². The fourth-order valence-corrected chi connectivity index (χ4v) is 6.28. The molecule has 4 aromatic carbocycles. The summed E-state index contributed by atoms with van der Waals surface area (Å²) in [6.07, 6.45) is 4.89. The molecule has 1 fully saturated rings. The van der Waals surface area contributed by atoms with Gasteiger partial charge in [0.2, 0.25) is 0 Å². The van der Waals surface area contributed by atoms with Gasteiger partial charge in [-0.15, -0.1) is 0 Å². The number of nitrogens with zero attached hydrogens (tertiary/aromatic N) is 2. The molecule has 53 heavy (non-hydrogen) atoms. The molecule has 3 heterocycles. The lowest BCUT2D eigenvalue weighted by Gasteiger charge is -2.23. The van der Waals surface area contributed by atoms with E-state index in [1.807, 2.05) is 83.4 Å². The van der Waals surface area contributed by atoms with Crippen LogP contribution in [0.5, 0.6) is 11.5 Å². The van der Waals surface area contributed by atoms with E-state index in [4.69, 9.17) is 24.7 Å². The second kappa shape index (κ2) is 16.1. The summed E-state index contributed by atoms with van der Waals surface area (Å²) < 4.78 is 38.3. The van der Waals surface area contributed by atoms with Crippen molar-refractivity contribution < 1.29 is 28.1 Å². The van der Waals surface area contributed by atoms with Crippen LogP contribution in [0.1, 0.15) is 21.5 Å². The Morgan fingerprint density at radius 1 is 0.849 bits per heavy atom. The summed E-state index contributed by atoms with van der Waals surface area (Å²) >= 11 is 0. The summed E-state index contributed by atoms with van der Waals surface area (Å²) in [5, 5.41) is 0. The van der Waals surface area contributed by atoms with Crippen molar-refractivity contribution in [3.05, 3.63) is 154 Å². The second-order valence-corrected chi connectivity index (χ2v) is 12.8. The van der Waals surface area contributed by atoms with Gasteiger partial charge < -0.3 is 29.2 Å². The number of nitrogen functional groups attached to an aromatic ring is 1. The molecule has 2 aromatic heterocycles. The van der Waals surface area contributed by atoms with E-state index in [0.29, 0.717) is 61.4 Å². The molecule has 2 N–H and O–H groups in total. The predicted molar refractivity (Wildman–Crippen MR) is 202 cm³/mol. The van der Waals surface area contributed by atoms with Crippen LogP contribution in [0.2, 0.25) is 0 Å². The highest BCUT2D eigenvalue weighted by atomic mass is 19.1. The number of rotatable bonds is 12. The zero-order valence-corrected chi connectivity index (χ0v) is 29.2. The number of pyridine rings is 2. The number of nitrogens with two attached hydrogens (primary N) is 1. The van der Waals surface area contributed by atoms with Crippen molar-refractivity contribution >= 4 is 11.6 Å². The van der Waals surface area contributed by atoms with E-state index in [0.717, 1.165) is 33.4 Å². The highest BCUT2D eigenvalue weighted by Gasteiger charge is 2.19. The maximum absolute atomic E-state index is 13.8. The molecule has 0 bridgehead atoms. The van der Waals surface area contributed by atoms with Crippen molar-refractivity contribution in [1.82, 2.24) is 9.55 Å². The normalized spacial score (nSPS) is 14.1. The fourth-order valence-electron chi connectivity index (χ4n) is 6.28. The molecule has 0 amide bonds. The number of halogens is 1. The van der Waals surface area contributed by atoms with E-state index in [-0.39, 0.29) is 23.9 Å². The minimum absolute atomic E-state index is 0.00953. The lowest BCUT2D eigenvalue weighted by Crippen LogP contribution is -2.33. The van der Waals surface area contributed by atoms with Crippen molar-refractivity contribution in [2.45, 2.75) is 19.1 Å². The van der Waals surface area contributed by atoms with Gasteiger partial charge in [0.15, 0.2) is 22.7 Å². The number of Topliss-reactive ketones (excluding diaryl/α,β-unsaturated/α-hetero) is 1. The van der Waals surface area contributed by atoms with Crippen LogP contribution in [0.3, 0.4) is 0 Å². The Labute approximate surface area is 306 Å². The van der Waals surface area contributed by atoms with Crippen LogP contribution in [-0.2, 0) is 22.4 Å². The molecule has 1 aliphatic rings. The Kier molecular flexibility index (Phi) is 10.7. The molecule has 0 aliphatic carbocycles. The average molecular weight is 712 g/mol. The third-order valence-electron chi connectivity index (χ3n) is 9.10. The molecular weight excluding hydrogens is 673 g/mol. The molecule has 0 radical (unpaired) electrons. The molecule has 1 saturated heterocycles. The van der Waals surface area contributed by atoms with Crippen LogP contribution < -0.4 is 20.6 Å². The first-order chi connectivity index (χ1) is 25.8. The molecule has 10 heteroatoms. The molecule has 0 spiro atoms. The summed E-state index contributed by atoms with van der Waals surface area (Å²) in [5.41, 5.74) is 11.9. The smallest absolute Gasteiger partial charge is 0.200 e. The highest BCUT2D eigenvalue weighted by Crippen LogP contribution is 2.35. The maximum Gasteiger partial charge on any atom is 0.200 e. The number of ether oxygens (including phenoxy) is 4. The van der Waals surface area contributed by atoms with E-state index in [2.05, 4.69) is 4.98 Å². The van der Waals surface area contributed by atoms with Crippen molar-refractivity contribution in [2.75, 3.05) is 39.3 Å². The first-order valence-corrected chi connectivity index (χ1v) is 17.3. The Morgan fingerprint density at radius 3 is 2.32 bits per heavy atom. The molecule has 0 unspecified atom stereocenters. The number of carbonyl (C=O) groups excluding carboxylic acids is 1. The molecule has 268 valence electrons. The molecule has 6 aromatic rings. The first-order valence-electron chi connectivity index (χ1n) is 17.3. The lowest BCUT2D eigenvalue weighted by molar-refractivity contribution is -0.101. The zero-order chi connectivity index (χ0) is 36.7. The van der Waals surface area contributed by atoms with Gasteiger partial charge in [-0.25, -0.2) is 9.37 Å². The van der Waals surface area contributed by atoms with Gasteiger partial charge in [0.1, 0.15) is 24.3 Å². The number of anilines is 1. The topological polar surface area (TPSA) is 115 Å². The Morgan fingerprint density at radius 2 is 1.58 bits per heavy atom. The molecular formula is C43H38FN3O6. The third kappa shape index (κ3) is 8.35. The van der Waals surface area contributed by atoms with Gasteiger partial charge in [-0.3, -0.25) is 9.59 Å². The summed E-state index contributed by atoms with van der Waals surface area (Å²) in [6, 6.07) is 30.6. The van der Waals surface area contributed by atoms with Crippen LogP contribution in [0.25, 0.3) is 33.4 Å². The number of hydrogen-bond acceptors (Lipinski definition) is 8. The Balaban J connectivity index is 1.10. The first kappa shape index (κ1) is 35.3. The summed E-state index contributed by atoms with van der Waals surface area (Å²) in [5.74, 6) is 0.793. The third-order valence-corrected chi connectivity index (χ3v) is 9.10. The molecule has 0 saturated carbocycles. The van der Waals surface area contributed by atoms with E-state index in [1.54, 1.807) is 37.8 Å². The molecule has 7 rings (SSSR count). The monoisotopic (exact) mass is 711 g/mol. The van der Waals surface area contributed by atoms with Crippen LogP contribution in [-0.4, -0.2) is 55.0 Å². The number of ketones is 1. The fraction of sp³-hybridized carbons (Fsp3) is 0.186. The number of hydrogen-bond donors (Lipinski definition) is 1. The quantitative estimate of drug-likeness (QED) is 0.132. The standard InChI is InChI=1S/C43H38FN3O6/c1-50-41-21-32(13-16-40(41)53-27-35-26-51-17-18-52-35)33-20-36(43(45)46-22-33)30-9-7-28(8-10-30)19-39(48)38-25-47(23-29-5-3-2-4-6-29)24-37(42(38)49)31-11-14-34(44)15-12-31/h2-16,20-22,24-25,35H,17-19,23,26-27H2,1H3,(H2,45,46)/t35-/m1/s1. The Bertz CT molecular complexity index is 2270. The van der Waals surface area contributed by atoms with Gasteiger partial charge in [0, 0.05) is 48.2 Å². The van der Waals surface area contributed by atoms with Crippen molar-refractivity contribution in [1.29, 1.82) is 0 Å². The van der Waals surface area contributed by atoms with Crippen molar-refractivity contribution in [3.63, 3.8) is 0 Å². The number of carbonyl (C=O) groups is 1. The minimum Gasteiger partial charge on any atom is -0.493 e. The molecule has 1 aliphatic heterocycles. The zero-order valence-electron chi connectivity index (χ0n) is 29.2. The second-order valence-electron chi connectivity index (χ2n) is 12.8. The maximum atomic E-state index is 13.8. The number of benzene rings is 4. The molecule has 1 atom stereocenters. The summed E-state index contributed by atoms with van der Waals surface area (Å²) in [4.78, 5) is 31.9. The van der Waals surface area contributed by atoms with Gasteiger partial charge in [-0.05, 0) is 58.1 Å². The number of aromatic nitrogens is 2. The van der Waals surface area contributed by atoms with E-state index in [1.165, 1.54) is 12.1 Å². The van der Waals surface area contributed by atoms with Crippen LogP contribution in [0.15, 0.2) is 127 Å². The lowest BCUT2D eigenvalue weighted by atomic mass is 9.97.